The van der Waals surface area contributed by atoms with Gasteiger partial charge in [-0.1, -0.05) is 64.8 Å². The fourth-order valence-electron chi connectivity index (χ4n) is 4.59. The number of alkyl carbamates (subject to hydrolysis) is 1. The van der Waals surface area contributed by atoms with E-state index in [1.165, 1.54) is 0 Å². The summed E-state index contributed by atoms with van der Waals surface area (Å²) in [7, 11) is 0. The van der Waals surface area contributed by atoms with Crippen LogP contribution in [0.2, 0.25) is 0 Å². The lowest BCUT2D eigenvalue weighted by Crippen LogP contribution is -2.56. The zero-order valence-corrected chi connectivity index (χ0v) is 23.7. The molecule has 1 aromatic rings. The molecule has 0 heterocycles. The number of nitrogens with one attached hydrogen (secondary N) is 2. The van der Waals surface area contributed by atoms with Crippen molar-refractivity contribution in [1.29, 1.82) is 0 Å². The van der Waals surface area contributed by atoms with Crippen LogP contribution in [0.25, 0.3) is 0 Å². The van der Waals surface area contributed by atoms with Gasteiger partial charge in [0.05, 0.1) is 0 Å². The molecule has 2 N–H and O–H groups in total. The predicted molar refractivity (Wildman–Crippen MR) is 143 cm³/mol. The van der Waals surface area contributed by atoms with Crippen LogP contribution in [0.5, 0.6) is 0 Å². The Morgan fingerprint density at radius 3 is 2.22 bits per heavy atom. The molecule has 202 valence electrons. The first-order valence-electron chi connectivity index (χ1n) is 13.5. The third-order valence-corrected chi connectivity index (χ3v) is 6.95. The molecule has 7 heteroatoms. The molecule has 0 aromatic heterocycles. The van der Waals surface area contributed by atoms with Crippen LogP contribution in [0.3, 0.4) is 0 Å². The van der Waals surface area contributed by atoms with Crippen molar-refractivity contribution >= 4 is 17.9 Å². The standard InChI is InChI=1S/C29H47N3O4/c1-10-14-21(6)30-26(33)25(22-16-13-12-15-19(22)4)32(23-17-20(23)5)27(34)24(18(3)11-2)31-28(35)36-29(7,8)9/h12-13,15-16,18,20-21,23-25H,10-11,14,17H2,1-9H3,(H,30,33)(H,31,35). The van der Waals surface area contributed by atoms with Crippen LogP contribution >= 0.6 is 0 Å². The van der Waals surface area contributed by atoms with E-state index in [4.69, 9.17) is 4.74 Å². The van der Waals surface area contributed by atoms with E-state index in [1.807, 2.05) is 52.0 Å². The molecular formula is C29H47N3O4. The third-order valence-electron chi connectivity index (χ3n) is 6.95. The Morgan fingerprint density at radius 2 is 1.72 bits per heavy atom. The molecule has 1 fully saturated rings. The summed E-state index contributed by atoms with van der Waals surface area (Å²) in [6, 6.07) is 6.08. The Labute approximate surface area is 217 Å². The maximum Gasteiger partial charge on any atom is 0.408 e. The highest BCUT2D eigenvalue weighted by molar-refractivity contribution is 5.93. The molecule has 3 amide bonds. The van der Waals surface area contributed by atoms with Gasteiger partial charge in [0, 0.05) is 12.1 Å². The van der Waals surface area contributed by atoms with Crippen LogP contribution in [-0.2, 0) is 14.3 Å². The van der Waals surface area contributed by atoms with Crippen LogP contribution in [0.1, 0.15) is 98.2 Å². The lowest BCUT2D eigenvalue weighted by atomic mass is 9.94. The van der Waals surface area contributed by atoms with Gasteiger partial charge in [0.25, 0.3) is 0 Å². The van der Waals surface area contributed by atoms with Gasteiger partial charge >= 0.3 is 6.09 Å². The van der Waals surface area contributed by atoms with Gasteiger partial charge in [0.1, 0.15) is 17.7 Å². The van der Waals surface area contributed by atoms with Crippen molar-refractivity contribution in [1.82, 2.24) is 15.5 Å². The fraction of sp³-hybridized carbons (Fsp3) is 0.690. The van der Waals surface area contributed by atoms with E-state index in [2.05, 4.69) is 24.5 Å². The minimum atomic E-state index is -0.801. The largest absolute Gasteiger partial charge is 0.444 e. The number of benzene rings is 1. The summed E-state index contributed by atoms with van der Waals surface area (Å²) in [4.78, 5) is 42.6. The first kappa shape index (κ1) is 29.7. The fourth-order valence-corrected chi connectivity index (χ4v) is 4.59. The molecule has 7 nitrogen and oxygen atoms in total. The van der Waals surface area contributed by atoms with Crippen LogP contribution in [0.4, 0.5) is 4.79 Å². The average Bonchev–Trinajstić information content (AvgIpc) is 3.50. The van der Waals surface area contributed by atoms with Gasteiger partial charge in [-0.05, 0) is 70.4 Å². The van der Waals surface area contributed by atoms with Crippen LogP contribution in [-0.4, -0.2) is 46.5 Å². The molecule has 0 aliphatic heterocycles. The van der Waals surface area contributed by atoms with Crippen molar-refractivity contribution in [3.63, 3.8) is 0 Å². The van der Waals surface area contributed by atoms with E-state index in [-0.39, 0.29) is 35.7 Å². The monoisotopic (exact) mass is 501 g/mol. The van der Waals surface area contributed by atoms with E-state index >= 15 is 0 Å². The molecule has 1 saturated carbocycles. The first-order valence-corrected chi connectivity index (χ1v) is 13.5. The first-order chi connectivity index (χ1) is 16.8. The second-order valence-corrected chi connectivity index (χ2v) is 11.5. The molecule has 0 saturated heterocycles. The second-order valence-electron chi connectivity index (χ2n) is 11.5. The molecule has 1 aliphatic rings. The number of ether oxygens (including phenoxy) is 1. The van der Waals surface area contributed by atoms with Crippen molar-refractivity contribution < 1.29 is 19.1 Å². The maximum atomic E-state index is 14.3. The molecular weight excluding hydrogens is 454 g/mol. The van der Waals surface area contributed by atoms with Gasteiger partial charge < -0.3 is 20.3 Å². The van der Waals surface area contributed by atoms with Crippen molar-refractivity contribution in [3.05, 3.63) is 35.4 Å². The summed E-state index contributed by atoms with van der Waals surface area (Å²) in [5.41, 5.74) is 1.08. The summed E-state index contributed by atoms with van der Waals surface area (Å²) >= 11 is 0. The number of hydrogen-bond donors (Lipinski definition) is 2. The van der Waals surface area contributed by atoms with Crippen LogP contribution in [0, 0.1) is 18.8 Å². The van der Waals surface area contributed by atoms with Crippen molar-refractivity contribution in [2.45, 2.75) is 118 Å². The third kappa shape index (κ3) is 7.97. The Hall–Kier alpha value is -2.57. The van der Waals surface area contributed by atoms with Gasteiger partial charge in [0.2, 0.25) is 11.8 Å². The topological polar surface area (TPSA) is 87.7 Å². The van der Waals surface area contributed by atoms with Crippen molar-refractivity contribution in [3.8, 4) is 0 Å². The highest BCUT2D eigenvalue weighted by Gasteiger charge is 2.49. The van der Waals surface area contributed by atoms with Crippen LogP contribution < -0.4 is 10.6 Å². The van der Waals surface area contributed by atoms with E-state index in [9.17, 15) is 14.4 Å². The van der Waals surface area contributed by atoms with Crippen molar-refractivity contribution in [2.75, 3.05) is 0 Å². The number of aryl methyl sites for hydroxylation is 1. The maximum absolute atomic E-state index is 14.3. The summed E-state index contributed by atoms with van der Waals surface area (Å²) in [5, 5.41) is 5.99. The highest BCUT2D eigenvalue weighted by atomic mass is 16.6. The number of rotatable bonds is 11. The molecule has 0 spiro atoms. The quantitative estimate of drug-likeness (QED) is 0.418. The van der Waals surface area contributed by atoms with E-state index < -0.39 is 23.8 Å². The number of carbonyl (C=O) groups excluding carboxylic acids is 3. The Kier molecular flexibility index (Phi) is 10.4. The van der Waals surface area contributed by atoms with Gasteiger partial charge in [-0.3, -0.25) is 9.59 Å². The number of carbonyl (C=O) groups is 3. The highest BCUT2D eigenvalue weighted by Crippen LogP contribution is 2.41. The molecule has 6 atom stereocenters. The molecule has 0 bridgehead atoms. The van der Waals surface area contributed by atoms with Gasteiger partial charge in [0.15, 0.2) is 0 Å². The second kappa shape index (κ2) is 12.6. The normalized spacial score (nSPS) is 20.5. The van der Waals surface area contributed by atoms with Crippen LogP contribution in [0.15, 0.2) is 24.3 Å². The summed E-state index contributed by atoms with van der Waals surface area (Å²) in [6.45, 7) is 17.5. The van der Waals surface area contributed by atoms with E-state index in [1.54, 1.807) is 25.7 Å². The molecule has 0 radical (unpaired) electrons. The molecule has 1 aromatic carbocycles. The minimum absolute atomic E-state index is 0.00662. The number of hydrogen-bond acceptors (Lipinski definition) is 4. The lowest BCUT2D eigenvalue weighted by molar-refractivity contribution is -0.144. The Bertz CT molecular complexity index is 910. The minimum Gasteiger partial charge on any atom is -0.444 e. The number of amides is 3. The Morgan fingerprint density at radius 1 is 1.11 bits per heavy atom. The smallest absolute Gasteiger partial charge is 0.408 e. The summed E-state index contributed by atoms with van der Waals surface area (Å²) in [5.74, 6) is -0.282. The molecule has 1 aliphatic carbocycles. The molecule has 36 heavy (non-hydrogen) atoms. The number of nitrogens with zero attached hydrogens (tertiary/aromatic N) is 1. The molecule has 2 rings (SSSR count). The SMILES string of the molecule is CCCC(C)NC(=O)C(c1ccccc1C)N(C(=O)C(NC(=O)OC(C)(C)C)C(C)CC)C1CC1C. The van der Waals surface area contributed by atoms with E-state index in [0.29, 0.717) is 6.42 Å². The summed E-state index contributed by atoms with van der Waals surface area (Å²) in [6.07, 6.45) is 2.70. The zero-order chi connectivity index (χ0) is 27.2. The Balaban J connectivity index is 2.52. The van der Waals surface area contributed by atoms with Gasteiger partial charge in [-0.15, -0.1) is 0 Å². The summed E-state index contributed by atoms with van der Waals surface area (Å²) < 4.78 is 5.48. The van der Waals surface area contributed by atoms with Gasteiger partial charge in [-0.2, -0.15) is 0 Å². The van der Waals surface area contributed by atoms with Gasteiger partial charge in [-0.25, -0.2) is 4.79 Å². The average molecular weight is 502 g/mol. The zero-order valence-electron chi connectivity index (χ0n) is 23.7. The predicted octanol–water partition coefficient (Wildman–Crippen LogP) is 5.52. The molecule has 6 unspecified atom stereocenters. The lowest BCUT2D eigenvalue weighted by Gasteiger charge is -2.37. The van der Waals surface area contributed by atoms with E-state index in [0.717, 1.165) is 30.4 Å². The van der Waals surface area contributed by atoms with Crippen molar-refractivity contribution in [2.24, 2.45) is 11.8 Å².